The molecule has 0 fully saturated rings. The van der Waals surface area contributed by atoms with E-state index < -0.39 is 5.60 Å². The average molecular weight is 345 g/mol. The van der Waals surface area contributed by atoms with Crippen LogP contribution in [0.5, 0.6) is 5.75 Å². The highest BCUT2D eigenvalue weighted by atomic mass is 35.5. The van der Waals surface area contributed by atoms with Crippen LogP contribution in [0.4, 0.5) is 16.2 Å². The van der Waals surface area contributed by atoms with Crippen LogP contribution < -0.4 is 15.4 Å². The van der Waals surface area contributed by atoms with E-state index >= 15 is 0 Å². The molecule has 6 heteroatoms. The van der Waals surface area contributed by atoms with Crippen LogP contribution in [0.1, 0.15) is 12.5 Å². The van der Waals surface area contributed by atoms with E-state index in [2.05, 4.69) is 10.6 Å². The van der Waals surface area contributed by atoms with E-state index in [-0.39, 0.29) is 12.6 Å². The van der Waals surface area contributed by atoms with E-state index in [1.165, 1.54) is 0 Å². The van der Waals surface area contributed by atoms with Crippen LogP contribution in [0.15, 0.2) is 48.5 Å². The number of ether oxygens (including phenoxy) is 1. The van der Waals surface area contributed by atoms with E-state index in [9.17, 15) is 9.90 Å². The van der Waals surface area contributed by atoms with Crippen LogP contribution >= 0.6 is 11.6 Å². The first-order valence-electron chi connectivity index (χ1n) is 7.45. The van der Waals surface area contributed by atoms with E-state index in [1.54, 1.807) is 55.5 Å². The van der Waals surface area contributed by atoms with Gasteiger partial charge in [0.1, 0.15) is 11.4 Å². The smallest absolute Gasteiger partial charge is 0.323 e. The van der Waals surface area contributed by atoms with Gasteiger partial charge < -0.3 is 20.5 Å². The Kier molecular flexibility index (Phi) is 4.46. The summed E-state index contributed by atoms with van der Waals surface area (Å²) in [6, 6.07) is 11.9. The van der Waals surface area contributed by atoms with Crippen molar-refractivity contribution in [2.24, 2.45) is 0 Å². The van der Waals surface area contributed by atoms with Crippen LogP contribution in [0, 0.1) is 0 Å². The lowest BCUT2D eigenvalue weighted by atomic mass is 10.0. The van der Waals surface area contributed by atoms with Gasteiger partial charge in [0.25, 0.3) is 0 Å². The van der Waals surface area contributed by atoms with Gasteiger partial charge in [0.15, 0.2) is 0 Å². The van der Waals surface area contributed by atoms with Crippen molar-refractivity contribution in [2.75, 3.05) is 17.2 Å². The maximum atomic E-state index is 12.1. The third-order valence-corrected chi connectivity index (χ3v) is 3.99. The Morgan fingerprint density at radius 2 is 2.04 bits per heavy atom. The summed E-state index contributed by atoms with van der Waals surface area (Å²) in [7, 11) is 0. The van der Waals surface area contributed by atoms with Gasteiger partial charge in [-0.2, -0.15) is 0 Å². The minimum atomic E-state index is -0.719. The first-order valence-corrected chi connectivity index (χ1v) is 7.83. The summed E-state index contributed by atoms with van der Waals surface area (Å²) < 4.78 is 5.76. The molecule has 0 saturated carbocycles. The highest BCUT2D eigenvalue weighted by Gasteiger charge is 2.26. The Labute approximate surface area is 144 Å². The van der Waals surface area contributed by atoms with E-state index in [0.29, 0.717) is 22.1 Å². The average Bonchev–Trinajstić information content (AvgIpc) is 2.57. The summed E-state index contributed by atoms with van der Waals surface area (Å²) in [5.74, 6) is 0.658. The zero-order valence-electron chi connectivity index (χ0n) is 13.0. The van der Waals surface area contributed by atoms with E-state index in [1.807, 2.05) is 6.08 Å². The minimum absolute atomic E-state index is 0.108. The maximum absolute atomic E-state index is 12.1. The number of nitrogens with one attached hydrogen (secondary N) is 2. The lowest BCUT2D eigenvalue weighted by Crippen LogP contribution is -2.35. The van der Waals surface area contributed by atoms with Crippen molar-refractivity contribution in [1.29, 1.82) is 0 Å². The summed E-state index contributed by atoms with van der Waals surface area (Å²) in [4.78, 5) is 12.1. The van der Waals surface area contributed by atoms with Crippen LogP contribution in [-0.4, -0.2) is 23.3 Å². The Bertz CT molecular complexity index is 807. The monoisotopic (exact) mass is 344 g/mol. The lowest BCUT2D eigenvalue weighted by molar-refractivity contribution is 0.0641. The number of benzene rings is 2. The molecule has 5 nitrogen and oxygen atoms in total. The second-order valence-corrected chi connectivity index (χ2v) is 6.12. The van der Waals surface area contributed by atoms with Crippen molar-refractivity contribution in [2.45, 2.75) is 12.5 Å². The molecular formula is C18H17ClN2O3. The molecule has 1 aliphatic heterocycles. The fourth-order valence-electron chi connectivity index (χ4n) is 2.33. The summed E-state index contributed by atoms with van der Waals surface area (Å²) in [5.41, 5.74) is 1.27. The van der Waals surface area contributed by atoms with Gasteiger partial charge in [-0.25, -0.2) is 4.79 Å². The number of rotatable bonds is 3. The predicted molar refractivity (Wildman–Crippen MR) is 95.7 cm³/mol. The van der Waals surface area contributed by atoms with E-state index in [4.69, 9.17) is 16.3 Å². The Hall–Kier alpha value is -2.50. The van der Waals surface area contributed by atoms with Gasteiger partial charge in [0.2, 0.25) is 0 Å². The number of amides is 2. The third-order valence-electron chi connectivity index (χ3n) is 3.66. The SMILES string of the molecule is CC1(CO)C=Cc2cc(NC(=O)Nc3ccccc3Cl)ccc2O1. The zero-order chi connectivity index (χ0) is 17.2. The number of carbonyl (C=O) groups is 1. The molecule has 0 bridgehead atoms. The fraction of sp³-hybridized carbons (Fsp3) is 0.167. The molecule has 3 rings (SSSR count). The molecule has 2 aromatic rings. The number of anilines is 2. The van der Waals surface area contributed by atoms with Gasteiger partial charge in [0, 0.05) is 11.3 Å². The van der Waals surface area contributed by atoms with Gasteiger partial charge in [-0.3, -0.25) is 0 Å². The largest absolute Gasteiger partial charge is 0.480 e. The number of fused-ring (bicyclic) bond motifs is 1. The quantitative estimate of drug-likeness (QED) is 0.783. The van der Waals surface area contributed by atoms with Crippen molar-refractivity contribution >= 4 is 35.1 Å². The summed E-state index contributed by atoms with van der Waals surface area (Å²) >= 11 is 6.02. The Morgan fingerprint density at radius 1 is 1.25 bits per heavy atom. The molecule has 2 aromatic carbocycles. The molecule has 0 aromatic heterocycles. The lowest BCUT2D eigenvalue weighted by Gasteiger charge is -2.29. The fourth-order valence-corrected chi connectivity index (χ4v) is 2.52. The molecule has 124 valence electrons. The molecule has 1 aliphatic rings. The molecule has 0 saturated heterocycles. The van der Waals surface area contributed by atoms with Gasteiger partial charge in [-0.05, 0) is 43.3 Å². The molecule has 3 N–H and O–H groups in total. The number of para-hydroxylation sites is 1. The van der Waals surface area contributed by atoms with Crippen LogP contribution in [0.3, 0.4) is 0 Å². The molecule has 0 aliphatic carbocycles. The highest BCUT2D eigenvalue weighted by molar-refractivity contribution is 6.33. The second-order valence-electron chi connectivity index (χ2n) is 5.72. The van der Waals surface area contributed by atoms with E-state index in [0.717, 1.165) is 5.56 Å². The molecule has 1 heterocycles. The van der Waals surface area contributed by atoms with Crippen molar-refractivity contribution in [1.82, 2.24) is 0 Å². The van der Waals surface area contributed by atoms with Gasteiger partial charge >= 0.3 is 6.03 Å². The molecule has 2 amide bonds. The normalized spacial score (nSPS) is 18.5. The zero-order valence-corrected chi connectivity index (χ0v) is 13.8. The molecule has 0 radical (unpaired) electrons. The molecule has 1 atom stereocenters. The first kappa shape index (κ1) is 16.4. The standard InChI is InChI=1S/C18H17ClN2O3/c1-18(11-22)9-8-12-10-13(6-7-16(12)24-18)20-17(23)21-15-5-3-2-4-14(15)19/h2-10,22H,11H2,1H3,(H2,20,21,23). The van der Waals surface area contributed by atoms with Gasteiger partial charge in [-0.15, -0.1) is 0 Å². The van der Waals surface area contributed by atoms with Gasteiger partial charge in [-0.1, -0.05) is 29.8 Å². The molecule has 0 spiro atoms. The molecule has 24 heavy (non-hydrogen) atoms. The summed E-state index contributed by atoms with van der Waals surface area (Å²) in [6.45, 7) is 1.69. The number of urea groups is 1. The Morgan fingerprint density at radius 3 is 2.79 bits per heavy atom. The number of hydrogen-bond donors (Lipinski definition) is 3. The Balaban J connectivity index is 1.71. The number of carbonyl (C=O) groups excluding carboxylic acids is 1. The molecule has 1 unspecified atom stereocenters. The van der Waals surface area contributed by atoms with Gasteiger partial charge in [0.05, 0.1) is 17.3 Å². The maximum Gasteiger partial charge on any atom is 0.323 e. The summed E-state index contributed by atoms with van der Waals surface area (Å²) in [5, 5.41) is 15.3. The minimum Gasteiger partial charge on any atom is -0.480 e. The van der Waals surface area contributed by atoms with Crippen LogP contribution in [-0.2, 0) is 0 Å². The number of halogens is 1. The van der Waals surface area contributed by atoms with Crippen molar-refractivity contribution in [3.8, 4) is 5.75 Å². The third kappa shape index (κ3) is 3.53. The van der Waals surface area contributed by atoms with Crippen molar-refractivity contribution < 1.29 is 14.6 Å². The van der Waals surface area contributed by atoms with Crippen molar-refractivity contribution in [3.63, 3.8) is 0 Å². The first-order chi connectivity index (χ1) is 11.5. The van der Waals surface area contributed by atoms with Crippen LogP contribution in [0.25, 0.3) is 6.08 Å². The second kappa shape index (κ2) is 6.55. The topological polar surface area (TPSA) is 70.6 Å². The summed E-state index contributed by atoms with van der Waals surface area (Å²) in [6.07, 6.45) is 3.66. The number of hydrogen-bond acceptors (Lipinski definition) is 3. The highest BCUT2D eigenvalue weighted by Crippen LogP contribution is 2.32. The predicted octanol–water partition coefficient (Wildman–Crippen LogP) is 4.14. The van der Waals surface area contributed by atoms with Crippen molar-refractivity contribution in [3.05, 3.63) is 59.1 Å². The van der Waals surface area contributed by atoms with Crippen LogP contribution in [0.2, 0.25) is 5.02 Å². The molecular weight excluding hydrogens is 328 g/mol. The number of aliphatic hydroxyl groups excluding tert-OH is 1. The number of aliphatic hydroxyl groups is 1.